The number of nitrogens with one attached hydrogen (secondary N) is 1. The lowest BCUT2D eigenvalue weighted by Crippen LogP contribution is -2.11. The van der Waals surface area contributed by atoms with Gasteiger partial charge in [0.25, 0.3) is 5.78 Å². The first-order chi connectivity index (χ1) is 6.70. The molecule has 0 spiro atoms. The zero-order valence-corrected chi connectivity index (χ0v) is 7.02. The highest BCUT2D eigenvalue weighted by atomic mass is 16.4. The Balaban J connectivity index is 2.64. The number of nitrogens with zero attached hydrogens (tertiary/aromatic N) is 1. The Morgan fingerprint density at radius 3 is 2.93 bits per heavy atom. The van der Waals surface area contributed by atoms with Gasteiger partial charge in [0.1, 0.15) is 5.65 Å². The highest BCUT2D eigenvalue weighted by Crippen LogP contribution is 2.15. The zero-order valence-electron chi connectivity index (χ0n) is 7.02. The largest absolute Gasteiger partial charge is 0.475 e. The number of carboxylic acids is 1. The van der Waals surface area contributed by atoms with Crippen molar-refractivity contribution in [2.75, 3.05) is 0 Å². The molecule has 0 amide bonds. The zero-order chi connectivity index (χ0) is 10.1. The fourth-order valence-corrected chi connectivity index (χ4v) is 1.26. The standard InChI is InChI=1S/C9H6N2O3/c12-7(9(13)14)6-4-11-8-5(6)2-1-3-10-8/h1-4H,(H,10,11)(H,13,14). The molecule has 5 heteroatoms. The first-order valence-electron chi connectivity index (χ1n) is 3.90. The van der Waals surface area contributed by atoms with Crippen LogP contribution in [0, 0.1) is 0 Å². The van der Waals surface area contributed by atoms with Crippen molar-refractivity contribution in [1.29, 1.82) is 0 Å². The summed E-state index contributed by atoms with van der Waals surface area (Å²) in [4.78, 5) is 28.3. The molecule has 0 saturated heterocycles. The van der Waals surface area contributed by atoms with Gasteiger partial charge in [0, 0.05) is 17.8 Å². The number of aromatic amines is 1. The van der Waals surface area contributed by atoms with E-state index in [9.17, 15) is 9.59 Å². The van der Waals surface area contributed by atoms with Crippen LogP contribution in [-0.4, -0.2) is 26.8 Å². The molecule has 0 aliphatic heterocycles. The number of Topliss-reactive ketones (excluding diaryl/α,β-unsaturated/α-hetero) is 1. The summed E-state index contributed by atoms with van der Waals surface area (Å²) in [5.74, 6) is -2.39. The minimum atomic E-state index is -1.46. The quantitative estimate of drug-likeness (QED) is 0.542. The fourth-order valence-electron chi connectivity index (χ4n) is 1.26. The Kier molecular flexibility index (Phi) is 1.78. The van der Waals surface area contributed by atoms with Gasteiger partial charge < -0.3 is 10.1 Å². The maximum atomic E-state index is 11.2. The van der Waals surface area contributed by atoms with E-state index in [0.29, 0.717) is 11.0 Å². The van der Waals surface area contributed by atoms with Crippen molar-refractivity contribution in [3.8, 4) is 0 Å². The number of ketones is 1. The van der Waals surface area contributed by atoms with Gasteiger partial charge in [0.2, 0.25) is 0 Å². The van der Waals surface area contributed by atoms with E-state index in [0.717, 1.165) is 0 Å². The number of pyridine rings is 1. The third kappa shape index (κ3) is 1.15. The number of H-pyrrole nitrogens is 1. The molecule has 2 aromatic heterocycles. The van der Waals surface area contributed by atoms with Gasteiger partial charge in [-0.05, 0) is 12.1 Å². The van der Waals surface area contributed by atoms with E-state index in [1.165, 1.54) is 6.20 Å². The first kappa shape index (κ1) is 8.43. The molecule has 5 nitrogen and oxygen atoms in total. The number of hydrogen-bond donors (Lipinski definition) is 2. The van der Waals surface area contributed by atoms with Crippen LogP contribution in [0.15, 0.2) is 24.5 Å². The van der Waals surface area contributed by atoms with Crippen LogP contribution in [-0.2, 0) is 4.79 Å². The van der Waals surface area contributed by atoms with Gasteiger partial charge in [-0.3, -0.25) is 4.79 Å². The van der Waals surface area contributed by atoms with E-state index in [1.54, 1.807) is 18.3 Å². The van der Waals surface area contributed by atoms with E-state index in [1.807, 2.05) is 0 Å². The lowest BCUT2D eigenvalue weighted by molar-refractivity contribution is -0.131. The van der Waals surface area contributed by atoms with Gasteiger partial charge in [-0.25, -0.2) is 9.78 Å². The van der Waals surface area contributed by atoms with Crippen LogP contribution in [0.5, 0.6) is 0 Å². The Morgan fingerprint density at radius 1 is 1.43 bits per heavy atom. The summed E-state index contributed by atoms with van der Waals surface area (Å²) < 4.78 is 0. The Hall–Kier alpha value is -2.17. The SMILES string of the molecule is O=C(O)C(=O)c1c[nH]c2ncccc12. The summed E-state index contributed by atoms with van der Waals surface area (Å²) in [6.45, 7) is 0. The van der Waals surface area contributed by atoms with E-state index in [-0.39, 0.29) is 5.56 Å². The smallest absolute Gasteiger partial charge is 0.377 e. The average molecular weight is 190 g/mol. The van der Waals surface area contributed by atoms with Crippen LogP contribution in [0.1, 0.15) is 10.4 Å². The van der Waals surface area contributed by atoms with E-state index < -0.39 is 11.8 Å². The van der Waals surface area contributed by atoms with Crippen molar-refractivity contribution < 1.29 is 14.7 Å². The Morgan fingerprint density at radius 2 is 2.21 bits per heavy atom. The first-order valence-corrected chi connectivity index (χ1v) is 3.90. The highest BCUT2D eigenvalue weighted by Gasteiger charge is 2.18. The summed E-state index contributed by atoms with van der Waals surface area (Å²) in [5, 5.41) is 9.06. The Labute approximate surface area is 78.4 Å². The van der Waals surface area contributed by atoms with E-state index >= 15 is 0 Å². The molecule has 0 fully saturated rings. The van der Waals surface area contributed by atoms with E-state index in [2.05, 4.69) is 9.97 Å². The normalized spacial score (nSPS) is 10.3. The molecular weight excluding hydrogens is 184 g/mol. The molecule has 70 valence electrons. The second-order valence-electron chi connectivity index (χ2n) is 2.74. The molecule has 0 saturated carbocycles. The topological polar surface area (TPSA) is 83.0 Å². The van der Waals surface area contributed by atoms with Crippen LogP contribution >= 0.6 is 0 Å². The second-order valence-corrected chi connectivity index (χ2v) is 2.74. The van der Waals surface area contributed by atoms with Gasteiger partial charge in [-0.15, -0.1) is 0 Å². The second kappa shape index (κ2) is 2.95. The minimum absolute atomic E-state index is 0.139. The van der Waals surface area contributed by atoms with Crippen molar-refractivity contribution in [2.24, 2.45) is 0 Å². The number of aromatic nitrogens is 2. The average Bonchev–Trinajstić information content (AvgIpc) is 2.60. The Bertz CT molecular complexity index is 516. The van der Waals surface area contributed by atoms with Gasteiger partial charge in [-0.1, -0.05) is 0 Å². The van der Waals surface area contributed by atoms with E-state index in [4.69, 9.17) is 5.11 Å². The molecule has 2 aromatic rings. The van der Waals surface area contributed by atoms with Crippen molar-refractivity contribution >= 4 is 22.8 Å². The predicted molar refractivity (Wildman–Crippen MR) is 48.1 cm³/mol. The maximum Gasteiger partial charge on any atom is 0.377 e. The molecule has 0 radical (unpaired) electrons. The molecule has 0 aromatic carbocycles. The molecule has 0 atom stereocenters. The molecule has 14 heavy (non-hydrogen) atoms. The molecule has 0 bridgehead atoms. The van der Waals surface area contributed by atoms with Gasteiger partial charge in [0.05, 0.1) is 5.56 Å². The molecule has 2 heterocycles. The molecular formula is C9H6N2O3. The third-order valence-electron chi connectivity index (χ3n) is 1.89. The minimum Gasteiger partial charge on any atom is -0.475 e. The van der Waals surface area contributed by atoms with Crippen molar-refractivity contribution in [3.63, 3.8) is 0 Å². The third-order valence-corrected chi connectivity index (χ3v) is 1.89. The number of carbonyl (C=O) groups is 2. The van der Waals surface area contributed by atoms with Crippen LogP contribution in [0.3, 0.4) is 0 Å². The lowest BCUT2D eigenvalue weighted by atomic mass is 10.1. The number of carboxylic acid groups (broad SMARTS) is 1. The lowest BCUT2D eigenvalue weighted by Gasteiger charge is -1.91. The van der Waals surface area contributed by atoms with Crippen molar-refractivity contribution in [2.45, 2.75) is 0 Å². The van der Waals surface area contributed by atoms with Gasteiger partial charge in [0.15, 0.2) is 0 Å². The van der Waals surface area contributed by atoms with Crippen LogP contribution < -0.4 is 0 Å². The van der Waals surface area contributed by atoms with Gasteiger partial charge in [-0.2, -0.15) is 0 Å². The number of fused-ring (bicyclic) bond motifs is 1. The molecule has 0 aliphatic carbocycles. The summed E-state index contributed by atoms with van der Waals surface area (Å²) in [6, 6.07) is 3.30. The van der Waals surface area contributed by atoms with Crippen molar-refractivity contribution in [1.82, 2.24) is 9.97 Å². The fraction of sp³-hybridized carbons (Fsp3) is 0. The van der Waals surface area contributed by atoms with Crippen LogP contribution in [0.4, 0.5) is 0 Å². The van der Waals surface area contributed by atoms with Crippen LogP contribution in [0.2, 0.25) is 0 Å². The van der Waals surface area contributed by atoms with Crippen molar-refractivity contribution in [3.05, 3.63) is 30.1 Å². The van der Waals surface area contributed by atoms with Crippen LogP contribution in [0.25, 0.3) is 11.0 Å². The maximum absolute atomic E-state index is 11.2. The summed E-state index contributed by atoms with van der Waals surface area (Å²) in [7, 11) is 0. The molecule has 0 unspecified atom stereocenters. The highest BCUT2D eigenvalue weighted by molar-refractivity contribution is 6.42. The summed E-state index contributed by atoms with van der Waals surface area (Å²) in [5.41, 5.74) is 0.651. The number of carbonyl (C=O) groups excluding carboxylic acids is 1. The molecule has 2 N–H and O–H groups in total. The monoisotopic (exact) mass is 190 g/mol. The number of hydrogen-bond acceptors (Lipinski definition) is 3. The molecule has 0 aliphatic rings. The summed E-state index contributed by atoms with van der Waals surface area (Å²) >= 11 is 0. The number of rotatable bonds is 2. The predicted octanol–water partition coefficient (Wildman–Crippen LogP) is 0.830. The molecule has 2 rings (SSSR count). The number of aliphatic carboxylic acids is 1. The van der Waals surface area contributed by atoms with Gasteiger partial charge >= 0.3 is 5.97 Å². The summed E-state index contributed by atoms with van der Waals surface area (Å²) in [6.07, 6.45) is 2.92.